The molecule has 0 saturated carbocycles. The topological polar surface area (TPSA) is 0 Å². The van der Waals surface area contributed by atoms with E-state index in [2.05, 4.69) is 258 Å². The number of fused-ring (bicyclic) bond motifs is 11. The highest BCUT2D eigenvalue weighted by atomic mass is 14.5. The molecule has 2 unspecified atom stereocenters. The first-order valence-corrected chi connectivity index (χ1v) is 26.8. The minimum atomic E-state index is -0.360. The van der Waals surface area contributed by atoms with E-state index in [9.17, 15) is 0 Å². The molecule has 14 rings (SSSR count). The fourth-order valence-corrected chi connectivity index (χ4v) is 14.9. The summed E-state index contributed by atoms with van der Waals surface area (Å²) in [5.74, 6) is 0. The van der Waals surface area contributed by atoms with E-state index in [0.29, 0.717) is 0 Å². The second-order valence-electron chi connectivity index (χ2n) is 21.0. The fourth-order valence-electron chi connectivity index (χ4n) is 14.9. The lowest BCUT2D eigenvalue weighted by molar-refractivity contribution is 0.490. The summed E-state index contributed by atoms with van der Waals surface area (Å²) in [6.07, 6.45) is 4.05. The van der Waals surface area contributed by atoms with Gasteiger partial charge in [0.05, 0.1) is 0 Å². The van der Waals surface area contributed by atoms with Crippen LogP contribution in [-0.4, -0.2) is 0 Å². The molecule has 0 heteroatoms. The monoisotopic (exact) mass is 934 g/mol. The summed E-state index contributed by atoms with van der Waals surface area (Å²) in [7, 11) is 0. The first kappa shape index (κ1) is 43.7. The normalized spacial score (nSPS) is 17.5. The number of rotatable bonds is 9. The van der Waals surface area contributed by atoms with Crippen molar-refractivity contribution in [3.8, 4) is 66.8 Å². The Kier molecular flexibility index (Phi) is 9.87. The van der Waals surface area contributed by atoms with Gasteiger partial charge in [-0.1, -0.05) is 234 Å². The lowest BCUT2D eigenvalue weighted by atomic mass is 9.69. The standard InChI is InChI=1S/C73H58/c1-5-71(6-2)63-33-21-19-27-53(63)55-41-37-49(45-65(55)71)69-59-29-15-17-31-61(59)70(62-32-18-16-30-60(62)69)50-38-42-58-57-40-36-48(44-67(57)73(8-4,68(58)46-50)52-25-13-10-14-26-52)47-35-39-56-54-28-20-22-34-64(54)72(7-3,66(56)43-47)51-23-11-9-12-24-51/h9-46H,5-8H2,1-4H3. The van der Waals surface area contributed by atoms with Crippen LogP contribution in [-0.2, 0) is 16.2 Å². The Morgan fingerprint density at radius 2 is 0.562 bits per heavy atom. The summed E-state index contributed by atoms with van der Waals surface area (Å²) >= 11 is 0. The van der Waals surface area contributed by atoms with Gasteiger partial charge in [0, 0.05) is 16.2 Å². The average molecular weight is 935 g/mol. The molecule has 0 aliphatic heterocycles. The van der Waals surface area contributed by atoms with Crippen molar-refractivity contribution in [1.29, 1.82) is 0 Å². The highest BCUT2D eigenvalue weighted by Gasteiger charge is 2.46. The predicted octanol–water partition coefficient (Wildman–Crippen LogP) is 19.5. The van der Waals surface area contributed by atoms with Crippen molar-refractivity contribution in [3.05, 3.63) is 275 Å². The van der Waals surface area contributed by atoms with Gasteiger partial charge in [-0.05, 0) is 183 Å². The maximum atomic E-state index is 2.57. The molecule has 0 N–H and O–H groups in total. The van der Waals surface area contributed by atoms with Crippen LogP contribution in [0.1, 0.15) is 97.9 Å². The summed E-state index contributed by atoms with van der Waals surface area (Å²) < 4.78 is 0. The number of benzene rings is 11. The summed E-state index contributed by atoms with van der Waals surface area (Å²) in [6.45, 7) is 9.50. The van der Waals surface area contributed by atoms with E-state index in [4.69, 9.17) is 0 Å². The molecule has 11 aromatic rings. The van der Waals surface area contributed by atoms with Crippen molar-refractivity contribution in [2.75, 3.05) is 0 Å². The van der Waals surface area contributed by atoms with Gasteiger partial charge in [-0.2, -0.15) is 0 Å². The smallest absolute Gasteiger partial charge is 0.0461 e. The van der Waals surface area contributed by atoms with Gasteiger partial charge in [-0.25, -0.2) is 0 Å². The van der Waals surface area contributed by atoms with Gasteiger partial charge in [0.15, 0.2) is 0 Å². The molecule has 0 amide bonds. The molecule has 0 aromatic heterocycles. The molecule has 0 heterocycles. The van der Waals surface area contributed by atoms with Crippen molar-refractivity contribution < 1.29 is 0 Å². The lowest BCUT2D eigenvalue weighted by Crippen LogP contribution is -2.26. The minimum Gasteiger partial charge on any atom is -0.0642 e. The third-order valence-electron chi connectivity index (χ3n) is 18.3. The van der Waals surface area contributed by atoms with Gasteiger partial charge in [0.25, 0.3) is 0 Å². The summed E-state index contributed by atoms with van der Waals surface area (Å²) in [6, 6.07) is 88.6. The van der Waals surface area contributed by atoms with Crippen LogP contribution in [0.15, 0.2) is 231 Å². The van der Waals surface area contributed by atoms with E-state index in [-0.39, 0.29) is 16.2 Å². The molecule has 3 aliphatic carbocycles. The summed E-state index contributed by atoms with van der Waals surface area (Å²) in [5, 5.41) is 5.16. The Hall–Kier alpha value is -8.06. The second-order valence-corrected chi connectivity index (χ2v) is 21.0. The SMILES string of the molecule is CCC1(CC)c2ccccc2-c2ccc(-c3c4ccccc4c(-c4ccc5c(c4)C(CC)(c4ccccc4)c4cc(-c6ccc7c(c6)C(CC)(c6ccccc6)c6ccccc6-7)ccc4-5)c4ccccc34)cc21. The molecule has 0 saturated heterocycles. The maximum Gasteiger partial charge on any atom is 0.0461 e. The molecule has 350 valence electrons. The average Bonchev–Trinajstić information content (AvgIpc) is 4.04. The van der Waals surface area contributed by atoms with Crippen molar-refractivity contribution in [2.45, 2.75) is 69.6 Å². The number of hydrogen-bond acceptors (Lipinski definition) is 0. The molecular formula is C73H58. The van der Waals surface area contributed by atoms with E-state index < -0.39 is 0 Å². The largest absolute Gasteiger partial charge is 0.0642 e. The van der Waals surface area contributed by atoms with Crippen molar-refractivity contribution in [2.24, 2.45) is 0 Å². The van der Waals surface area contributed by atoms with Crippen LogP contribution < -0.4 is 0 Å². The lowest BCUT2D eigenvalue weighted by Gasteiger charge is -2.33. The molecule has 11 aromatic carbocycles. The van der Waals surface area contributed by atoms with Crippen LogP contribution in [0.4, 0.5) is 0 Å². The Labute approximate surface area is 430 Å². The van der Waals surface area contributed by atoms with E-state index >= 15 is 0 Å². The minimum absolute atomic E-state index is 0.00218. The van der Waals surface area contributed by atoms with Crippen LogP contribution in [0.5, 0.6) is 0 Å². The van der Waals surface area contributed by atoms with Crippen molar-refractivity contribution in [1.82, 2.24) is 0 Å². The van der Waals surface area contributed by atoms with E-state index in [1.165, 1.54) is 133 Å². The zero-order valence-electron chi connectivity index (χ0n) is 42.3. The quantitative estimate of drug-likeness (QED) is 0.127. The first-order valence-electron chi connectivity index (χ1n) is 26.8. The molecule has 0 fully saturated rings. The Balaban J connectivity index is 0.944. The van der Waals surface area contributed by atoms with Crippen LogP contribution in [0, 0.1) is 0 Å². The van der Waals surface area contributed by atoms with Gasteiger partial charge in [0.2, 0.25) is 0 Å². The third kappa shape index (κ3) is 5.90. The predicted molar refractivity (Wildman–Crippen MR) is 309 cm³/mol. The van der Waals surface area contributed by atoms with E-state index in [1.54, 1.807) is 0 Å². The molecule has 0 nitrogen and oxygen atoms in total. The molecule has 0 bridgehead atoms. The summed E-state index contributed by atoms with van der Waals surface area (Å²) in [4.78, 5) is 0. The zero-order valence-corrected chi connectivity index (χ0v) is 42.3. The zero-order chi connectivity index (χ0) is 49.1. The fraction of sp³-hybridized carbons (Fsp3) is 0.151. The van der Waals surface area contributed by atoms with Gasteiger partial charge in [-0.15, -0.1) is 0 Å². The highest BCUT2D eigenvalue weighted by Crippen LogP contribution is 2.59. The molecule has 2 atom stereocenters. The third-order valence-corrected chi connectivity index (χ3v) is 18.3. The first-order chi connectivity index (χ1) is 36.0. The second kappa shape index (κ2) is 16.5. The van der Waals surface area contributed by atoms with Crippen molar-refractivity contribution in [3.63, 3.8) is 0 Å². The van der Waals surface area contributed by atoms with Gasteiger partial charge in [-0.3, -0.25) is 0 Å². The molecule has 3 aliphatic rings. The Morgan fingerprint density at radius 3 is 1.00 bits per heavy atom. The molecule has 73 heavy (non-hydrogen) atoms. The van der Waals surface area contributed by atoms with Crippen LogP contribution in [0.25, 0.3) is 88.3 Å². The molecule has 0 radical (unpaired) electrons. The van der Waals surface area contributed by atoms with Gasteiger partial charge >= 0.3 is 0 Å². The molecule has 0 spiro atoms. The highest BCUT2D eigenvalue weighted by molar-refractivity contribution is 6.21. The van der Waals surface area contributed by atoms with Crippen LogP contribution >= 0.6 is 0 Å². The van der Waals surface area contributed by atoms with Crippen molar-refractivity contribution >= 4 is 21.5 Å². The Morgan fingerprint density at radius 1 is 0.247 bits per heavy atom. The van der Waals surface area contributed by atoms with E-state index in [1.807, 2.05) is 0 Å². The number of hydrogen-bond donors (Lipinski definition) is 0. The Bertz CT molecular complexity index is 3960. The van der Waals surface area contributed by atoms with Gasteiger partial charge < -0.3 is 0 Å². The van der Waals surface area contributed by atoms with Gasteiger partial charge in [0.1, 0.15) is 0 Å². The maximum absolute atomic E-state index is 2.57. The van der Waals surface area contributed by atoms with E-state index in [0.717, 1.165) is 25.7 Å². The molecular weight excluding hydrogens is 877 g/mol. The van der Waals surface area contributed by atoms with Crippen LogP contribution in [0.3, 0.4) is 0 Å². The summed E-state index contributed by atoms with van der Waals surface area (Å²) in [5.41, 5.74) is 26.5. The van der Waals surface area contributed by atoms with Crippen LogP contribution in [0.2, 0.25) is 0 Å².